The third-order valence-electron chi connectivity index (χ3n) is 5.25. The van der Waals surface area contributed by atoms with E-state index in [4.69, 9.17) is 13.9 Å². The summed E-state index contributed by atoms with van der Waals surface area (Å²) in [6.45, 7) is 4.75. The average molecular weight is 442 g/mol. The van der Waals surface area contributed by atoms with Crippen LogP contribution in [-0.4, -0.2) is 18.4 Å². The first-order valence-electron chi connectivity index (χ1n) is 10.4. The van der Waals surface area contributed by atoms with Gasteiger partial charge in [0.1, 0.15) is 17.1 Å². The van der Waals surface area contributed by atoms with Crippen molar-refractivity contribution in [1.82, 2.24) is 0 Å². The predicted octanol–water partition coefficient (Wildman–Crippen LogP) is 5.26. The summed E-state index contributed by atoms with van der Waals surface area (Å²) >= 11 is 0. The second kappa shape index (κ2) is 9.12. The summed E-state index contributed by atoms with van der Waals surface area (Å²) < 4.78 is 16.2. The fraction of sp³-hybridized carbons (Fsp3) is 0.148. The lowest BCUT2D eigenvalue weighted by Gasteiger charge is -2.12. The first-order chi connectivity index (χ1) is 15.8. The summed E-state index contributed by atoms with van der Waals surface area (Å²) in [7, 11) is 0. The molecule has 3 aromatic carbocycles. The van der Waals surface area contributed by atoms with E-state index in [2.05, 4.69) is 0 Å². The Labute approximate surface area is 190 Å². The molecule has 0 radical (unpaired) electrons. The number of ketones is 1. The summed E-state index contributed by atoms with van der Waals surface area (Å²) in [6, 6.07) is 20.1. The van der Waals surface area contributed by atoms with E-state index in [1.165, 1.54) is 24.6 Å². The number of hydrogen-bond acceptors (Lipinski definition) is 6. The van der Waals surface area contributed by atoms with E-state index in [1.54, 1.807) is 25.1 Å². The summed E-state index contributed by atoms with van der Waals surface area (Å²) in [6.07, 6.45) is 0. The largest absolute Gasteiger partial charge is 0.482 e. The lowest BCUT2D eigenvalue weighted by molar-refractivity contribution is -0.136. The van der Waals surface area contributed by atoms with Crippen molar-refractivity contribution in [3.8, 4) is 22.6 Å². The third kappa shape index (κ3) is 4.85. The minimum atomic E-state index is -0.686. The lowest BCUT2D eigenvalue weighted by Crippen LogP contribution is -2.19. The minimum absolute atomic E-state index is 0.0204. The van der Waals surface area contributed by atoms with Crippen molar-refractivity contribution < 1.29 is 23.5 Å². The van der Waals surface area contributed by atoms with Crippen LogP contribution in [-0.2, 0) is 4.79 Å². The predicted molar refractivity (Wildman–Crippen MR) is 125 cm³/mol. The number of esters is 1. The maximum absolute atomic E-state index is 12.4. The van der Waals surface area contributed by atoms with Crippen molar-refractivity contribution in [3.05, 3.63) is 93.8 Å². The number of fused-ring (bicyclic) bond motifs is 1. The molecule has 0 atom stereocenters. The number of aryl methyl sites for hydroxylation is 2. The Kier molecular flexibility index (Phi) is 6.09. The van der Waals surface area contributed by atoms with E-state index in [9.17, 15) is 14.4 Å². The molecule has 6 nitrogen and oxygen atoms in total. The van der Waals surface area contributed by atoms with Gasteiger partial charge in [-0.15, -0.1) is 0 Å². The number of rotatable bonds is 6. The van der Waals surface area contributed by atoms with Crippen LogP contribution >= 0.6 is 0 Å². The van der Waals surface area contributed by atoms with Crippen molar-refractivity contribution in [2.45, 2.75) is 20.8 Å². The van der Waals surface area contributed by atoms with E-state index in [-0.39, 0.29) is 29.3 Å². The molecule has 4 aromatic rings. The van der Waals surface area contributed by atoms with Crippen LogP contribution in [0.15, 0.2) is 75.9 Å². The maximum Gasteiger partial charge on any atom is 0.349 e. The van der Waals surface area contributed by atoms with Crippen LogP contribution in [0.1, 0.15) is 28.4 Å². The van der Waals surface area contributed by atoms with Gasteiger partial charge in [0.25, 0.3) is 0 Å². The standard InChI is InChI=1S/C27H22O6/c1-16-4-6-19(7-5-16)20-8-10-21(11-9-20)31-15-25(30)32-23-13-12-22-17(2)14-24(29)33-27(22)26(23)18(3)28/h4-14H,15H2,1-3H3. The van der Waals surface area contributed by atoms with Crippen LogP contribution in [0, 0.1) is 13.8 Å². The molecule has 0 unspecified atom stereocenters. The molecule has 33 heavy (non-hydrogen) atoms. The van der Waals surface area contributed by atoms with Gasteiger partial charge in [-0.2, -0.15) is 0 Å². The lowest BCUT2D eigenvalue weighted by atomic mass is 10.0. The smallest absolute Gasteiger partial charge is 0.349 e. The van der Waals surface area contributed by atoms with Crippen molar-refractivity contribution in [2.75, 3.05) is 6.61 Å². The Hall–Kier alpha value is -4.19. The zero-order valence-corrected chi connectivity index (χ0v) is 18.5. The number of benzene rings is 3. The van der Waals surface area contributed by atoms with Gasteiger partial charge in [0.15, 0.2) is 18.0 Å². The number of ether oxygens (including phenoxy) is 2. The molecule has 0 aliphatic rings. The van der Waals surface area contributed by atoms with Gasteiger partial charge in [0, 0.05) is 11.5 Å². The summed E-state index contributed by atoms with van der Waals surface area (Å²) in [4.78, 5) is 36.4. The van der Waals surface area contributed by atoms with Crippen LogP contribution in [0.25, 0.3) is 22.1 Å². The second-order valence-corrected chi connectivity index (χ2v) is 7.77. The zero-order chi connectivity index (χ0) is 23.5. The topological polar surface area (TPSA) is 82.8 Å². The fourth-order valence-electron chi connectivity index (χ4n) is 3.57. The Bertz CT molecular complexity index is 1400. The van der Waals surface area contributed by atoms with Gasteiger partial charge in [-0.05, 0) is 61.7 Å². The molecule has 6 heteroatoms. The third-order valence-corrected chi connectivity index (χ3v) is 5.25. The molecule has 0 N–H and O–H groups in total. The second-order valence-electron chi connectivity index (χ2n) is 7.77. The highest BCUT2D eigenvalue weighted by Crippen LogP contribution is 2.30. The molecule has 0 spiro atoms. The minimum Gasteiger partial charge on any atom is -0.482 e. The first-order valence-corrected chi connectivity index (χ1v) is 10.4. The number of carbonyl (C=O) groups is 2. The van der Waals surface area contributed by atoms with Gasteiger partial charge in [0.05, 0.1) is 0 Å². The van der Waals surface area contributed by atoms with Crippen LogP contribution in [0.2, 0.25) is 0 Å². The maximum atomic E-state index is 12.4. The Morgan fingerprint density at radius 3 is 2.15 bits per heavy atom. The molecule has 0 bridgehead atoms. The molecule has 1 aromatic heterocycles. The van der Waals surface area contributed by atoms with Gasteiger partial charge in [-0.25, -0.2) is 9.59 Å². The van der Waals surface area contributed by atoms with E-state index < -0.39 is 11.6 Å². The van der Waals surface area contributed by atoms with Crippen LogP contribution in [0.4, 0.5) is 0 Å². The summed E-state index contributed by atoms with van der Waals surface area (Å²) in [5, 5.41) is 0.601. The number of hydrogen-bond donors (Lipinski definition) is 0. The van der Waals surface area contributed by atoms with Gasteiger partial charge < -0.3 is 13.9 Å². The highest BCUT2D eigenvalue weighted by Gasteiger charge is 2.19. The molecular weight excluding hydrogens is 420 g/mol. The highest BCUT2D eigenvalue weighted by molar-refractivity contribution is 6.08. The van der Waals surface area contributed by atoms with Crippen molar-refractivity contribution in [2.24, 2.45) is 0 Å². The molecular formula is C27H22O6. The molecule has 0 aliphatic heterocycles. The van der Waals surface area contributed by atoms with E-state index >= 15 is 0 Å². The summed E-state index contributed by atoms with van der Waals surface area (Å²) in [5.41, 5.74) is 3.54. The van der Waals surface area contributed by atoms with Gasteiger partial charge in [0.2, 0.25) is 0 Å². The monoisotopic (exact) mass is 442 g/mol. The first kappa shape index (κ1) is 22.0. The molecule has 0 aliphatic carbocycles. The van der Waals surface area contributed by atoms with Crippen molar-refractivity contribution in [3.63, 3.8) is 0 Å². The molecule has 166 valence electrons. The Morgan fingerprint density at radius 2 is 1.52 bits per heavy atom. The number of carbonyl (C=O) groups excluding carboxylic acids is 2. The van der Waals surface area contributed by atoms with Gasteiger partial charge >= 0.3 is 11.6 Å². The normalized spacial score (nSPS) is 10.8. The molecule has 1 heterocycles. The SMILES string of the molecule is CC(=O)c1c(OC(=O)COc2ccc(-c3ccc(C)cc3)cc2)ccc2c(C)cc(=O)oc12. The van der Waals surface area contributed by atoms with E-state index in [1.807, 2.05) is 43.3 Å². The molecule has 0 saturated carbocycles. The molecule has 0 fully saturated rings. The van der Waals surface area contributed by atoms with Crippen molar-refractivity contribution in [1.29, 1.82) is 0 Å². The van der Waals surface area contributed by atoms with E-state index in [0.717, 1.165) is 11.1 Å². The zero-order valence-electron chi connectivity index (χ0n) is 18.5. The number of Topliss-reactive ketones (excluding diaryl/α,β-unsaturated/α-hetero) is 1. The average Bonchev–Trinajstić information content (AvgIpc) is 2.78. The van der Waals surface area contributed by atoms with Crippen molar-refractivity contribution >= 4 is 22.7 Å². The Morgan fingerprint density at radius 1 is 0.879 bits per heavy atom. The Balaban J connectivity index is 1.48. The highest BCUT2D eigenvalue weighted by atomic mass is 16.6. The molecule has 0 saturated heterocycles. The van der Waals surface area contributed by atoms with Gasteiger partial charge in [-0.3, -0.25) is 4.79 Å². The molecule has 4 rings (SSSR count). The quantitative estimate of drug-likeness (QED) is 0.175. The van der Waals surface area contributed by atoms with Crippen LogP contribution in [0.5, 0.6) is 11.5 Å². The molecule has 0 amide bonds. The van der Waals surface area contributed by atoms with Gasteiger partial charge in [-0.1, -0.05) is 42.0 Å². The fourth-order valence-corrected chi connectivity index (χ4v) is 3.57. The summed E-state index contributed by atoms with van der Waals surface area (Å²) in [5.74, 6) is -0.541. The van der Waals surface area contributed by atoms with E-state index in [0.29, 0.717) is 16.7 Å². The van der Waals surface area contributed by atoms with Crippen LogP contribution < -0.4 is 15.1 Å². The van der Waals surface area contributed by atoms with Crippen LogP contribution in [0.3, 0.4) is 0 Å².